The number of nitrogens with zero attached hydrogens (tertiary/aromatic N) is 1. The summed E-state index contributed by atoms with van der Waals surface area (Å²) in [5, 5.41) is 3.31. The van der Waals surface area contributed by atoms with E-state index in [0.29, 0.717) is 24.8 Å². The summed E-state index contributed by atoms with van der Waals surface area (Å²) in [7, 11) is -5.76. The first-order valence-corrected chi connectivity index (χ1v) is 9.42. The summed E-state index contributed by atoms with van der Waals surface area (Å²) < 4.78 is 63.3. The van der Waals surface area contributed by atoms with E-state index in [0.717, 1.165) is 16.7 Å². The Morgan fingerprint density at radius 2 is 1.81 bits per heavy atom. The smallest absolute Gasteiger partial charge is 0.262 e. The van der Waals surface area contributed by atoms with Gasteiger partial charge in [0.05, 0.1) is 5.71 Å². The maximum Gasteiger partial charge on any atom is 0.536 e. The molecule has 0 fully saturated rings. The Kier molecular flexibility index (Phi) is 4.79. The first-order chi connectivity index (χ1) is 12.2. The van der Waals surface area contributed by atoms with Crippen molar-refractivity contribution in [3.05, 3.63) is 59.2 Å². The van der Waals surface area contributed by atoms with Gasteiger partial charge in [0, 0.05) is 0 Å². The highest BCUT2D eigenvalue weighted by Crippen LogP contribution is 2.37. The zero-order valence-electron chi connectivity index (χ0n) is 13.9. The summed E-state index contributed by atoms with van der Waals surface area (Å²) in [5.74, 6) is 0. The lowest BCUT2D eigenvalue weighted by molar-refractivity contribution is -0.0540. The van der Waals surface area contributed by atoms with Crippen LogP contribution in [0.25, 0.3) is 11.1 Å². The molecule has 0 heterocycles. The van der Waals surface area contributed by atoms with Crippen LogP contribution in [0.15, 0.2) is 47.6 Å². The van der Waals surface area contributed by atoms with E-state index >= 15 is 0 Å². The molecule has 0 atom stereocenters. The average molecular weight is 383 g/mol. The first-order valence-electron chi connectivity index (χ1n) is 8.01. The topological polar surface area (TPSA) is 55.7 Å². The van der Waals surface area contributed by atoms with Crippen LogP contribution in [0.1, 0.15) is 36.5 Å². The third-order valence-electron chi connectivity index (χ3n) is 4.14. The number of benzene rings is 2. The molecule has 138 valence electrons. The fraction of sp³-hybridized carbons (Fsp3) is 0.278. The van der Waals surface area contributed by atoms with Crippen molar-refractivity contribution in [2.45, 2.75) is 31.7 Å². The molecule has 0 bridgehead atoms. The van der Waals surface area contributed by atoms with Crippen molar-refractivity contribution in [1.82, 2.24) is 0 Å². The summed E-state index contributed by atoms with van der Waals surface area (Å²) in [6.07, 6.45) is 1.57. The van der Waals surface area contributed by atoms with Crippen LogP contribution in [0.2, 0.25) is 0 Å². The number of hydrogen-bond donors (Lipinski definition) is 0. The van der Waals surface area contributed by atoms with Gasteiger partial charge >= 0.3 is 15.6 Å². The second kappa shape index (κ2) is 6.75. The zero-order chi connectivity index (χ0) is 18.9. The third-order valence-corrected chi connectivity index (χ3v) is 4.98. The SMILES string of the molecule is CCCC(=NOS(=O)(=O)C(F)(F)F)c1ccc2c(c1)Cc1ccccc1-2. The lowest BCUT2D eigenvalue weighted by Gasteiger charge is -2.09. The van der Waals surface area contributed by atoms with Gasteiger partial charge in [0.15, 0.2) is 0 Å². The molecule has 2 aromatic rings. The van der Waals surface area contributed by atoms with Gasteiger partial charge in [-0.3, -0.25) is 4.28 Å². The van der Waals surface area contributed by atoms with E-state index < -0.39 is 15.6 Å². The molecule has 8 heteroatoms. The van der Waals surface area contributed by atoms with E-state index in [1.165, 1.54) is 5.56 Å². The monoisotopic (exact) mass is 383 g/mol. The molecule has 0 unspecified atom stereocenters. The Bertz CT molecular complexity index is 966. The normalized spacial score (nSPS) is 14.1. The van der Waals surface area contributed by atoms with Crippen LogP contribution >= 0.6 is 0 Å². The maximum absolute atomic E-state index is 12.4. The lowest BCUT2D eigenvalue weighted by Crippen LogP contribution is -2.24. The van der Waals surface area contributed by atoms with Gasteiger partial charge in [-0.15, -0.1) is 0 Å². The molecule has 2 aromatic carbocycles. The molecular formula is C18H16F3NO3S. The molecule has 1 aliphatic carbocycles. The largest absolute Gasteiger partial charge is 0.536 e. The number of halogens is 3. The van der Waals surface area contributed by atoms with Gasteiger partial charge in [0.2, 0.25) is 0 Å². The third kappa shape index (κ3) is 3.46. The highest BCUT2D eigenvalue weighted by Gasteiger charge is 2.49. The molecule has 0 radical (unpaired) electrons. The van der Waals surface area contributed by atoms with E-state index in [-0.39, 0.29) is 5.71 Å². The molecule has 1 aliphatic rings. The summed E-state index contributed by atoms with van der Waals surface area (Å²) in [6, 6.07) is 13.4. The van der Waals surface area contributed by atoms with Crippen LogP contribution in [0.4, 0.5) is 13.2 Å². The maximum atomic E-state index is 12.4. The molecule has 0 aliphatic heterocycles. The molecule has 3 rings (SSSR count). The molecule has 26 heavy (non-hydrogen) atoms. The highest BCUT2D eigenvalue weighted by molar-refractivity contribution is 7.87. The molecule has 0 aromatic heterocycles. The quantitative estimate of drug-likeness (QED) is 0.367. The number of rotatable bonds is 5. The van der Waals surface area contributed by atoms with Crippen molar-refractivity contribution in [2.75, 3.05) is 0 Å². The van der Waals surface area contributed by atoms with E-state index in [1.54, 1.807) is 6.07 Å². The average Bonchev–Trinajstić information content (AvgIpc) is 2.95. The number of alkyl halides is 3. The molecular weight excluding hydrogens is 367 g/mol. The van der Waals surface area contributed by atoms with Gasteiger partial charge in [-0.05, 0) is 46.7 Å². The van der Waals surface area contributed by atoms with E-state index in [9.17, 15) is 21.6 Å². The Hall–Kier alpha value is -2.35. The highest BCUT2D eigenvalue weighted by atomic mass is 32.2. The minimum absolute atomic E-state index is 0.166. The van der Waals surface area contributed by atoms with E-state index in [4.69, 9.17) is 0 Å². The van der Waals surface area contributed by atoms with Crippen molar-refractivity contribution in [2.24, 2.45) is 5.16 Å². The fourth-order valence-corrected chi connectivity index (χ4v) is 3.21. The van der Waals surface area contributed by atoms with Crippen LogP contribution in [0, 0.1) is 0 Å². The van der Waals surface area contributed by atoms with E-state index in [2.05, 4.69) is 9.44 Å². The Balaban J connectivity index is 1.93. The van der Waals surface area contributed by atoms with E-state index in [1.807, 2.05) is 43.3 Å². The van der Waals surface area contributed by atoms with Gasteiger partial charge in [-0.2, -0.15) is 21.6 Å². The second-order valence-corrected chi connectivity index (χ2v) is 7.49. The van der Waals surface area contributed by atoms with Crippen LogP contribution in [-0.2, 0) is 20.8 Å². The van der Waals surface area contributed by atoms with Crippen LogP contribution in [0.3, 0.4) is 0 Å². The minimum atomic E-state index is -5.76. The Morgan fingerprint density at radius 3 is 2.50 bits per heavy atom. The van der Waals surface area contributed by atoms with Gasteiger partial charge in [-0.1, -0.05) is 54.9 Å². The van der Waals surface area contributed by atoms with Crippen molar-refractivity contribution in [3.63, 3.8) is 0 Å². The second-order valence-electron chi connectivity index (χ2n) is 5.97. The summed E-state index contributed by atoms with van der Waals surface area (Å²) in [6.45, 7) is 1.82. The molecule has 0 N–H and O–H groups in total. The summed E-state index contributed by atoms with van der Waals surface area (Å²) >= 11 is 0. The van der Waals surface area contributed by atoms with Gasteiger partial charge in [0.25, 0.3) is 0 Å². The zero-order valence-corrected chi connectivity index (χ0v) is 14.7. The number of oxime groups is 1. The number of hydrogen-bond acceptors (Lipinski definition) is 4. The van der Waals surface area contributed by atoms with Crippen molar-refractivity contribution in [3.8, 4) is 11.1 Å². The molecule has 4 nitrogen and oxygen atoms in total. The van der Waals surface area contributed by atoms with Crippen LogP contribution in [-0.4, -0.2) is 19.6 Å². The van der Waals surface area contributed by atoms with Gasteiger partial charge in [0.1, 0.15) is 0 Å². The summed E-state index contributed by atoms with van der Waals surface area (Å²) in [4.78, 5) is 0. The first kappa shape index (κ1) is 18.4. The van der Waals surface area contributed by atoms with Crippen LogP contribution < -0.4 is 0 Å². The minimum Gasteiger partial charge on any atom is -0.262 e. The molecule has 0 saturated carbocycles. The van der Waals surface area contributed by atoms with Gasteiger partial charge < -0.3 is 0 Å². The van der Waals surface area contributed by atoms with Crippen LogP contribution in [0.5, 0.6) is 0 Å². The van der Waals surface area contributed by atoms with Crippen molar-refractivity contribution in [1.29, 1.82) is 0 Å². The predicted octanol–water partition coefficient (Wildman–Crippen LogP) is 4.63. The molecule has 0 amide bonds. The Morgan fingerprint density at radius 1 is 1.12 bits per heavy atom. The molecule has 0 saturated heterocycles. The fourth-order valence-electron chi connectivity index (χ4n) is 2.94. The van der Waals surface area contributed by atoms with Crippen molar-refractivity contribution < 1.29 is 25.9 Å². The number of fused-ring (bicyclic) bond motifs is 3. The Labute approximate surface area is 149 Å². The van der Waals surface area contributed by atoms with Gasteiger partial charge in [-0.25, -0.2) is 0 Å². The predicted molar refractivity (Wildman–Crippen MR) is 92.2 cm³/mol. The summed E-state index contributed by atoms with van der Waals surface area (Å²) in [5.41, 5.74) is -0.415. The standard InChI is InChI=1S/C18H16F3NO3S/c1-2-5-17(22-25-26(23,24)18(19,20)21)13-8-9-16-14(11-13)10-12-6-3-4-7-15(12)16/h3-4,6-9,11H,2,5,10H2,1H3. The van der Waals surface area contributed by atoms with Crippen molar-refractivity contribution >= 4 is 15.8 Å². The lowest BCUT2D eigenvalue weighted by atomic mass is 9.99. The molecule has 0 spiro atoms.